The maximum absolute atomic E-state index is 14.5. The van der Waals surface area contributed by atoms with E-state index in [4.69, 9.17) is 9.31 Å². The van der Waals surface area contributed by atoms with E-state index in [2.05, 4.69) is 4.74 Å². The summed E-state index contributed by atoms with van der Waals surface area (Å²) in [6.07, 6.45) is 0. The van der Waals surface area contributed by atoms with Crippen molar-refractivity contribution in [1.29, 1.82) is 0 Å². The Morgan fingerprint density at radius 2 is 1.77 bits per heavy atom. The molecular formula is C18H23BFNO5. The lowest BCUT2D eigenvalue weighted by atomic mass is 9.78. The van der Waals surface area contributed by atoms with E-state index >= 15 is 0 Å². The minimum atomic E-state index is -0.689. The number of esters is 1. The van der Waals surface area contributed by atoms with Crippen molar-refractivity contribution >= 4 is 24.5 Å². The van der Waals surface area contributed by atoms with Crippen LogP contribution in [0.2, 0.25) is 0 Å². The number of benzene rings is 1. The molecule has 8 heteroatoms. The molecule has 0 spiro atoms. The summed E-state index contributed by atoms with van der Waals surface area (Å²) in [5.41, 5.74) is -0.561. The molecule has 0 saturated carbocycles. The summed E-state index contributed by atoms with van der Waals surface area (Å²) in [4.78, 5) is 25.2. The largest absolute Gasteiger partial charge is 0.494 e. The van der Waals surface area contributed by atoms with Crippen LogP contribution >= 0.6 is 0 Å². The monoisotopic (exact) mass is 363 g/mol. The maximum Gasteiger partial charge on any atom is 0.494 e. The molecule has 1 amide bonds. The summed E-state index contributed by atoms with van der Waals surface area (Å²) in [5.74, 6) is -1.77. The van der Waals surface area contributed by atoms with E-state index in [9.17, 15) is 14.0 Å². The summed E-state index contributed by atoms with van der Waals surface area (Å²) in [6.45, 7) is 8.16. The molecule has 0 aromatic heterocycles. The van der Waals surface area contributed by atoms with Gasteiger partial charge in [0.15, 0.2) is 0 Å². The molecule has 2 aliphatic rings. The van der Waals surface area contributed by atoms with Gasteiger partial charge in [-0.2, -0.15) is 0 Å². The Bertz CT molecular complexity index is 729. The molecule has 3 rings (SSSR count). The Morgan fingerprint density at radius 1 is 1.19 bits per heavy atom. The number of halogens is 1. The molecule has 1 aromatic carbocycles. The van der Waals surface area contributed by atoms with Crippen molar-refractivity contribution in [3.63, 3.8) is 0 Å². The molecule has 0 radical (unpaired) electrons. The lowest BCUT2D eigenvalue weighted by Crippen LogP contribution is -2.53. The molecule has 0 atom stereocenters. The fourth-order valence-corrected chi connectivity index (χ4v) is 2.96. The molecule has 2 heterocycles. The van der Waals surface area contributed by atoms with E-state index in [1.54, 1.807) is 6.07 Å². The minimum Gasteiger partial charge on any atom is -0.469 e. The van der Waals surface area contributed by atoms with Crippen LogP contribution in [0.15, 0.2) is 18.2 Å². The van der Waals surface area contributed by atoms with Crippen molar-refractivity contribution in [1.82, 2.24) is 4.90 Å². The molecule has 26 heavy (non-hydrogen) atoms. The van der Waals surface area contributed by atoms with Gasteiger partial charge in [0.25, 0.3) is 5.91 Å². The van der Waals surface area contributed by atoms with Crippen molar-refractivity contribution in [2.24, 2.45) is 5.92 Å². The molecule has 2 fully saturated rings. The lowest BCUT2D eigenvalue weighted by Gasteiger charge is -2.37. The van der Waals surface area contributed by atoms with E-state index in [0.29, 0.717) is 5.46 Å². The van der Waals surface area contributed by atoms with E-state index in [-0.39, 0.29) is 30.5 Å². The number of rotatable bonds is 3. The first-order valence-electron chi connectivity index (χ1n) is 8.58. The third-order valence-electron chi connectivity index (χ3n) is 5.45. The van der Waals surface area contributed by atoms with E-state index in [1.165, 1.54) is 24.1 Å². The van der Waals surface area contributed by atoms with Crippen LogP contribution in [-0.4, -0.2) is 55.3 Å². The zero-order valence-corrected chi connectivity index (χ0v) is 15.7. The van der Waals surface area contributed by atoms with Gasteiger partial charge in [-0.3, -0.25) is 9.59 Å². The standard InChI is InChI=1S/C18H23BFNO5/c1-17(2)18(3,4)26-19(25-17)12-6-7-13(14(20)8-12)15(22)21-9-11(10-21)16(23)24-5/h6-8,11H,9-10H2,1-5H3. The number of amides is 1. The third kappa shape index (κ3) is 3.12. The number of methoxy groups -OCH3 is 1. The van der Waals surface area contributed by atoms with E-state index < -0.39 is 30.0 Å². The highest BCUT2D eigenvalue weighted by Crippen LogP contribution is 2.36. The SMILES string of the molecule is COC(=O)C1CN(C(=O)c2ccc(B3OC(C)(C)C(C)(C)O3)cc2F)C1. The molecular weight excluding hydrogens is 340 g/mol. The van der Waals surface area contributed by atoms with Gasteiger partial charge in [0.05, 0.1) is 29.8 Å². The number of nitrogens with zero attached hydrogens (tertiary/aromatic N) is 1. The van der Waals surface area contributed by atoms with Crippen molar-refractivity contribution in [3.8, 4) is 0 Å². The summed E-state index contributed by atoms with van der Waals surface area (Å²) < 4.78 is 31.0. The Hall–Kier alpha value is -1.93. The average Bonchev–Trinajstić information content (AvgIpc) is 2.73. The molecule has 0 aliphatic carbocycles. The predicted octanol–water partition coefficient (Wildman–Crippen LogP) is 1.37. The molecule has 2 saturated heterocycles. The topological polar surface area (TPSA) is 65.1 Å². The van der Waals surface area contributed by atoms with Gasteiger partial charge >= 0.3 is 13.1 Å². The van der Waals surface area contributed by atoms with E-state index in [0.717, 1.165) is 0 Å². The predicted molar refractivity (Wildman–Crippen MR) is 93.5 cm³/mol. The van der Waals surface area contributed by atoms with Crippen molar-refractivity contribution in [2.45, 2.75) is 38.9 Å². The highest BCUT2D eigenvalue weighted by molar-refractivity contribution is 6.62. The third-order valence-corrected chi connectivity index (χ3v) is 5.45. The zero-order chi connectivity index (χ0) is 19.3. The summed E-state index contributed by atoms with van der Waals surface area (Å²) in [6, 6.07) is 4.34. The Morgan fingerprint density at radius 3 is 2.27 bits per heavy atom. The van der Waals surface area contributed by atoms with Crippen molar-refractivity contribution < 1.29 is 28.0 Å². The Kier molecular flexibility index (Phi) is 4.61. The smallest absolute Gasteiger partial charge is 0.469 e. The van der Waals surface area contributed by atoms with Gasteiger partial charge in [-0.05, 0) is 45.3 Å². The van der Waals surface area contributed by atoms with Crippen LogP contribution in [0.25, 0.3) is 0 Å². The second-order valence-corrected chi connectivity index (χ2v) is 7.76. The van der Waals surface area contributed by atoms with Crippen LogP contribution in [0, 0.1) is 11.7 Å². The first-order valence-corrected chi connectivity index (χ1v) is 8.58. The molecule has 140 valence electrons. The zero-order valence-electron chi connectivity index (χ0n) is 15.7. The average molecular weight is 363 g/mol. The van der Waals surface area contributed by atoms with Gasteiger partial charge in [-0.1, -0.05) is 6.07 Å². The fraction of sp³-hybridized carbons (Fsp3) is 0.556. The van der Waals surface area contributed by atoms with Crippen LogP contribution in [0.5, 0.6) is 0 Å². The van der Waals surface area contributed by atoms with Gasteiger partial charge in [0, 0.05) is 13.1 Å². The van der Waals surface area contributed by atoms with Gasteiger partial charge in [-0.25, -0.2) is 4.39 Å². The maximum atomic E-state index is 14.5. The fourth-order valence-electron chi connectivity index (χ4n) is 2.96. The molecule has 0 bridgehead atoms. The number of hydrogen-bond donors (Lipinski definition) is 0. The minimum absolute atomic E-state index is 0.0337. The molecule has 6 nitrogen and oxygen atoms in total. The molecule has 2 aliphatic heterocycles. The van der Waals surface area contributed by atoms with E-state index in [1.807, 2.05) is 27.7 Å². The van der Waals surface area contributed by atoms with Gasteiger partial charge < -0.3 is 18.9 Å². The second-order valence-electron chi connectivity index (χ2n) is 7.76. The number of ether oxygens (including phenoxy) is 1. The van der Waals surface area contributed by atoms with Crippen molar-refractivity contribution in [2.75, 3.05) is 20.2 Å². The number of carbonyl (C=O) groups excluding carboxylic acids is 2. The number of likely N-dealkylation sites (tertiary alicyclic amines) is 1. The number of carbonyl (C=O) groups is 2. The highest BCUT2D eigenvalue weighted by Gasteiger charge is 2.51. The van der Waals surface area contributed by atoms with Crippen LogP contribution in [0.1, 0.15) is 38.1 Å². The van der Waals surface area contributed by atoms with Gasteiger partial charge in [0.2, 0.25) is 0 Å². The van der Waals surface area contributed by atoms with Crippen molar-refractivity contribution in [3.05, 3.63) is 29.6 Å². The highest BCUT2D eigenvalue weighted by atomic mass is 19.1. The molecule has 0 N–H and O–H groups in total. The Balaban J connectivity index is 1.71. The molecule has 1 aromatic rings. The summed E-state index contributed by atoms with van der Waals surface area (Å²) in [7, 11) is 0.618. The van der Waals surface area contributed by atoms with Crippen LogP contribution in [0.3, 0.4) is 0 Å². The van der Waals surface area contributed by atoms with Crippen LogP contribution in [0.4, 0.5) is 4.39 Å². The first kappa shape index (κ1) is 18.9. The van der Waals surface area contributed by atoms with Crippen LogP contribution in [-0.2, 0) is 18.8 Å². The first-order chi connectivity index (χ1) is 12.1. The number of hydrogen-bond acceptors (Lipinski definition) is 5. The second kappa shape index (κ2) is 6.35. The molecule has 0 unspecified atom stereocenters. The van der Waals surface area contributed by atoms with Gasteiger partial charge in [0.1, 0.15) is 5.82 Å². The van der Waals surface area contributed by atoms with Crippen LogP contribution < -0.4 is 5.46 Å². The lowest BCUT2D eigenvalue weighted by molar-refractivity contribution is -0.149. The Labute approximate surface area is 152 Å². The van der Waals surface area contributed by atoms with Gasteiger partial charge in [-0.15, -0.1) is 0 Å². The quantitative estimate of drug-likeness (QED) is 0.600. The normalized spacial score (nSPS) is 21.5. The summed E-state index contributed by atoms with van der Waals surface area (Å²) >= 11 is 0. The summed E-state index contributed by atoms with van der Waals surface area (Å²) in [5, 5.41) is 0.